The van der Waals surface area contributed by atoms with E-state index in [1.165, 1.54) is 44.2 Å². The van der Waals surface area contributed by atoms with E-state index in [0.717, 1.165) is 23.3 Å². The van der Waals surface area contributed by atoms with Crippen LogP contribution in [0.1, 0.15) is 61.4 Å². The van der Waals surface area contributed by atoms with E-state index >= 15 is 0 Å². The highest BCUT2D eigenvalue weighted by atomic mass is 32.1. The summed E-state index contributed by atoms with van der Waals surface area (Å²) < 4.78 is 13.2. The van der Waals surface area contributed by atoms with Crippen LogP contribution in [0, 0.1) is 5.82 Å². The number of carbonyl (C=O) groups is 1. The van der Waals surface area contributed by atoms with Gasteiger partial charge in [-0.1, -0.05) is 50.3 Å². The number of amides is 1. The summed E-state index contributed by atoms with van der Waals surface area (Å²) in [6.07, 6.45) is 8.73. The zero-order chi connectivity index (χ0) is 18.2. The van der Waals surface area contributed by atoms with E-state index in [4.69, 9.17) is 0 Å². The van der Waals surface area contributed by atoms with Crippen molar-refractivity contribution in [3.8, 4) is 0 Å². The average molecular weight is 375 g/mol. The highest BCUT2D eigenvalue weighted by Gasteiger charge is 2.19. The first kappa shape index (κ1) is 19.1. The van der Waals surface area contributed by atoms with E-state index in [-0.39, 0.29) is 17.8 Å². The standard InChI is InChI=1S/C21H27FN2OS/c22-17-12-10-16(11-13-17)21(19-9-6-14-26-19)24-20(25)15-23-18-7-4-2-1-3-5-8-18/h6,9-14,18,21,23H,1-5,7-8,15H2,(H,24,25)/t21-/m1/s1. The second-order valence-electron chi connectivity index (χ2n) is 6.99. The van der Waals surface area contributed by atoms with Crippen LogP contribution in [0.4, 0.5) is 4.39 Å². The molecule has 0 unspecified atom stereocenters. The van der Waals surface area contributed by atoms with E-state index in [1.54, 1.807) is 23.5 Å². The van der Waals surface area contributed by atoms with Crippen molar-refractivity contribution < 1.29 is 9.18 Å². The van der Waals surface area contributed by atoms with Crippen molar-refractivity contribution in [3.63, 3.8) is 0 Å². The average Bonchev–Trinajstić information content (AvgIpc) is 3.14. The zero-order valence-electron chi connectivity index (χ0n) is 15.0. The Morgan fingerprint density at radius 2 is 1.77 bits per heavy atom. The SMILES string of the molecule is O=C(CNC1CCCCCCC1)N[C@H](c1ccc(F)cc1)c1cccs1. The Bertz CT molecular complexity index is 664. The molecule has 1 fully saturated rings. The molecule has 1 saturated carbocycles. The minimum atomic E-state index is -0.268. The molecule has 1 aliphatic carbocycles. The Balaban J connectivity index is 1.59. The Hall–Kier alpha value is -1.72. The third kappa shape index (κ3) is 5.64. The third-order valence-corrected chi connectivity index (χ3v) is 5.93. The van der Waals surface area contributed by atoms with Gasteiger partial charge in [0.1, 0.15) is 5.82 Å². The molecule has 1 heterocycles. The van der Waals surface area contributed by atoms with Crippen molar-refractivity contribution in [1.29, 1.82) is 0 Å². The lowest BCUT2D eigenvalue weighted by Crippen LogP contribution is -2.40. The highest BCUT2D eigenvalue weighted by Crippen LogP contribution is 2.26. The van der Waals surface area contributed by atoms with E-state index in [0.29, 0.717) is 12.6 Å². The summed E-state index contributed by atoms with van der Waals surface area (Å²) >= 11 is 1.59. The molecule has 0 saturated heterocycles. The summed E-state index contributed by atoms with van der Waals surface area (Å²) in [4.78, 5) is 13.6. The minimum absolute atomic E-state index is 0.0187. The largest absolute Gasteiger partial charge is 0.343 e. The van der Waals surface area contributed by atoms with Gasteiger partial charge in [-0.3, -0.25) is 4.79 Å². The van der Waals surface area contributed by atoms with E-state index in [2.05, 4.69) is 10.6 Å². The van der Waals surface area contributed by atoms with Gasteiger partial charge in [0.05, 0.1) is 12.6 Å². The fourth-order valence-corrected chi connectivity index (χ4v) is 4.34. The molecule has 1 amide bonds. The van der Waals surface area contributed by atoms with Crippen molar-refractivity contribution in [2.75, 3.05) is 6.54 Å². The molecule has 140 valence electrons. The number of halogens is 1. The van der Waals surface area contributed by atoms with Crippen molar-refractivity contribution in [1.82, 2.24) is 10.6 Å². The van der Waals surface area contributed by atoms with Gasteiger partial charge in [-0.15, -0.1) is 11.3 Å². The van der Waals surface area contributed by atoms with Crippen molar-refractivity contribution >= 4 is 17.2 Å². The Kier molecular flexibility index (Phi) is 7.21. The summed E-state index contributed by atoms with van der Waals surface area (Å²) in [5, 5.41) is 8.53. The summed E-state index contributed by atoms with van der Waals surface area (Å²) in [6, 6.07) is 10.5. The molecule has 1 atom stereocenters. The van der Waals surface area contributed by atoms with E-state index < -0.39 is 0 Å². The van der Waals surface area contributed by atoms with Crippen molar-refractivity contribution in [3.05, 3.63) is 58.0 Å². The summed E-state index contributed by atoms with van der Waals surface area (Å²) in [5.41, 5.74) is 0.896. The number of carbonyl (C=O) groups excluding carboxylic acids is 1. The van der Waals surface area contributed by atoms with Gasteiger partial charge in [0.15, 0.2) is 0 Å². The monoisotopic (exact) mass is 374 g/mol. The number of hydrogen-bond acceptors (Lipinski definition) is 3. The summed E-state index contributed by atoms with van der Waals surface area (Å²) in [6.45, 7) is 0.327. The van der Waals surface area contributed by atoms with Gasteiger partial charge in [0.25, 0.3) is 0 Å². The van der Waals surface area contributed by atoms with Crippen LogP contribution in [0.25, 0.3) is 0 Å². The fraction of sp³-hybridized carbons (Fsp3) is 0.476. The van der Waals surface area contributed by atoms with Gasteiger partial charge >= 0.3 is 0 Å². The second kappa shape index (κ2) is 9.83. The molecule has 1 aromatic carbocycles. The smallest absolute Gasteiger partial charge is 0.234 e. The number of benzene rings is 1. The number of hydrogen-bond donors (Lipinski definition) is 2. The second-order valence-corrected chi connectivity index (χ2v) is 7.97. The van der Waals surface area contributed by atoms with Crippen molar-refractivity contribution in [2.24, 2.45) is 0 Å². The topological polar surface area (TPSA) is 41.1 Å². The molecule has 0 radical (unpaired) electrons. The van der Waals surface area contributed by atoms with Crippen LogP contribution in [0.2, 0.25) is 0 Å². The number of rotatable bonds is 6. The maximum absolute atomic E-state index is 13.2. The maximum Gasteiger partial charge on any atom is 0.234 e. The number of thiophene rings is 1. The minimum Gasteiger partial charge on any atom is -0.343 e. The Labute approximate surface area is 159 Å². The molecular weight excluding hydrogens is 347 g/mol. The molecule has 0 spiro atoms. The van der Waals surface area contributed by atoms with Gasteiger partial charge in [-0.25, -0.2) is 4.39 Å². The molecule has 26 heavy (non-hydrogen) atoms. The van der Waals surface area contributed by atoms with Crippen LogP contribution < -0.4 is 10.6 Å². The Morgan fingerprint density at radius 1 is 1.08 bits per heavy atom. The lowest BCUT2D eigenvalue weighted by Gasteiger charge is -2.22. The molecule has 3 nitrogen and oxygen atoms in total. The molecule has 1 aliphatic rings. The van der Waals surface area contributed by atoms with Crippen LogP contribution >= 0.6 is 11.3 Å². The molecule has 0 bridgehead atoms. The number of nitrogens with one attached hydrogen (secondary N) is 2. The van der Waals surface area contributed by atoms with Crippen LogP contribution in [-0.2, 0) is 4.79 Å². The lowest BCUT2D eigenvalue weighted by atomic mass is 9.97. The first-order valence-corrected chi connectivity index (χ1v) is 10.4. The quantitative estimate of drug-likeness (QED) is 0.763. The van der Waals surface area contributed by atoms with E-state index in [1.807, 2.05) is 17.5 Å². The molecular formula is C21H27FN2OS. The molecule has 3 rings (SSSR count). The third-order valence-electron chi connectivity index (χ3n) is 4.99. The maximum atomic E-state index is 13.2. The normalized spacial score (nSPS) is 17.3. The highest BCUT2D eigenvalue weighted by molar-refractivity contribution is 7.10. The van der Waals surface area contributed by atoms with Crippen LogP contribution in [-0.4, -0.2) is 18.5 Å². The Morgan fingerprint density at radius 3 is 2.42 bits per heavy atom. The van der Waals surface area contributed by atoms with Gasteiger partial charge in [-0.2, -0.15) is 0 Å². The van der Waals surface area contributed by atoms with Gasteiger partial charge in [0, 0.05) is 10.9 Å². The molecule has 2 aromatic rings. The summed E-state index contributed by atoms with van der Waals surface area (Å²) in [7, 11) is 0. The van der Waals surface area contributed by atoms with Crippen molar-refractivity contribution in [2.45, 2.75) is 57.0 Å². The summed E-state index contributed by atoms with van der Waals surface area (Å²) in [5.74, 6) is -0.286. The predicted octanol–water partition coefficient (Wildman–Crippen LogP) is 4.80. The molecule has 1 aromatic heterocycles. The van der Waals surface area contributed by atoms with Gasteiger partial charge in [0.2, 0.25) is 5.91 Å². The van der Waals surface area contributed by atoms with Gasteiger partial charge < -0.3 is 10.6 Å². The fourth-order valence-electron chi connectivity index (χ4n) is 3.54. The lowest BCUT2D eigenvalue weighted by molar-refractivity contribution is -0.120. The van der Waals surface area contributed by atoms with Crippen LogP contribution in [0.3, 0.4) is 0 Å². The van der Waals surface area contributed by atoms with E-state index in [9.17, 15) is 9.18 Å². The first-order chi connectivity index (χ1) is 12.7. The first-order valence-electron chi connectivity index (χ1n) is 9.54. The van der Waals surface area contributed by atoms with Gasteiger partial charge in [-0.05, 0) is 42.0 Å². The van der Waals surface area contributed by atoms with Crippen LogP contribution in [0.5, 0.6) is 0 Å². The zero-order valence-corrected chi connectivity index (χ0v) is 15.9. The predicted molar refractivity (Wildman–Crippen MR) is 105 cm³/mol. The molecule has 0 aliphatic heterocycles. The van der Waals surface area contributed by atoms with Crippen LogP contribution in [0.15, 0.2) is 41.8 Å². The molecule has 2 N–H and O–H groups in total. The molecule has 5 heteroatoms.